The molecule has 2 aromatic heterocycles. The zero-order chi connectivity index (χ0) is 17.8. The second-order valence-corrected chi connectivity index (χ2v) is 7.08. The predicted octanol–water partition coefficient (Wildman–Crippen LogP) is 2.83. The van der Waals surface area contributed by atoms with Crippen LogP contribution in [0.5, 0.6) is 0 Å². The average molecular weight is 358 g/mol. The zero-order valence-corrected chi connectivity index (χ0v) is 16.0. The SMILES string of the molecule is CCn1cccc1[C@H]1[C@H](c2ccccn2)NC(=S)N1CCCN(C)C. The van der Waals surface area contributed by atoms with Crippen molar-refractivity contribution < 1.29 is 0 Å². The van der Waals surface area contributed by atoms with Gasteiger partial charge >= 0.3 is 0 Å². The quantitative estimate of drug-likeness (QED) is 0.771. The lowest BCUT2D eigenvalue weighted by Gasteiger charge is -2.29. The van der Waals surface area contributed by atoms with Gasteiger partial charge in [0.25, 0.3) is 0 Å². The van der Waals surface area contributed by atoms with Gasteiger partial charge in [-0.05, 0) is 70.5 Å². The van der Waals surface area contributed by atoms with E-state index in [0.29, 0.717) is 0 Å². The molecule has 1 saturated heterocycles. The minimum absolute atomic E-state index is 0.0771. The van der Waals surface area contributed by atoms with Crippen LogP contribution in [0, 0.1) is 0 Å². The van der Waals surface area contributed by atoms with Crippen molar-refractivity contribution in [3.63, 3.8) is 0 Å². The summed E-state index contributed by atoms with van der Waals surface area (Å²) in [4.78, 5) is 9.14. The van der Waals surface area contributed by atoms with Crippen LogP contribution in [-0.2, 0) is 6.54 Å². The molecule has 6 heteroatoms. The van der Waals surface area contributed by atoms with E-state index in [-0.39, 0.29) is 12.1 Å². The monoisotopic (exact) mass is 357 g/mol. The molecule has 0 aromatic carbocycles. The molecule has 2 atom stereocenters. The fraction of sp³-hybridized carbons (Fsp3) is 0.474. The van der Waals surface area contributed by atoms with Gasteiger partial charge in [0.2, 0.25) is 0 Å². The summed E-state index contributed by atoms with van der Waals surface area (Å²) in [5, 5.41) is 4.34. The highest BCUT2D eigenvalue weighted by Gasteiger charge is 2.40. The van der Waals surface area contributed by atoms with Crippen molar-refractivity contribution in [3.8, 4) is 0 Å². The molecule has 0 spiro atoms. The van der Waals surface area contributed by atoms with Gasteiger partial charge in [-0.15, -0.1) is 0 Å². The maximum atomic E-state index is 5.69. The first kappa shape index (κ1) is 17.9. The van der Waals surface area contributed by atoms with E-state index >= 15 is 0 Å². The molecule has 0 aliphatic carbocycles. The van der Waals surface area contributed by atoms with Crippen LogP contribution in [0.15, 0.2) is 42.7 Å². The molecule has 2 aromatic rings. The summed E-state index contributed by atoms with van der Waals surface area (Å²) < 4.78 is 2.30. The third kappa shape index (κ3) is 3.85. The average Bonchev–Trinajstić information content (AvgIpc) is 3.19. The minimum Gasteiger partial charge on any atom is -0.352 e. The molecule has 3 rings (SSSR count). The smallest absolute Gasteiger partial charge is 0.170 e. The molecule has 0 saturated carbocycles. The maximum absolute atomic E-state index is 5.69. The summed E-state index contributed by atoms with van der Waals surface area (Å²) in [6.45, 7) is 5.12. The molecule has 3 heterocycles. The van der Waals surface area contributed by atoms with Gasteiger partial charge in [-0.1, -0.05) is 6.07 Å². The number of nitrogens with one attached hydrogen (secondary N) is 1. The fourth-order valence-corrected chi connectivity index (χ4v) is 3.84. The van der Waals surface area contributed by atoms with Crippen molar-refractivity contribution in [3.05, 3.63) is 54.1 Å². The molecule has 1 N–H and O–H groups in total. The summed E-state index contributed by atoms with van der Waals surface area (Å²) in [5.74, 6) is 0. The van der Waals surface area contributed by atoms with Crippen LogP contribution in [0.3, 0.4) is 0 Å². The van der Waals surface area contributed by atoms with Crippen molar-refractivity contribution >= 4 is 17.3 Å². The van der Waals surface area contributed by atoms with E-state index in [9.17, 15) is 0 Å². The van der Waals surface area contributed by atoms with Crippen LogP contribution in [-0.4, -0.2) is 51.6 Å². The lowest BCUT2D eigenvalue weighted by Crippen LogP contribution is -2.33. The molecule has 1 fully saturated rings. The highest BCUT2D eigenvalue weighted by Crippen LogP contribution is 2.38. The third-order valence-electron chi connectivity index (χ3n) is 4.71. The molecule has 134 valence electrons. The Morgan fingerprint density at radius 1 is 1.24 bits per heavy atom. The van der Waals surface area contributed by atoms with Crippen LogP contribution >= 0.6 is 12.2 Å². The second-order valence-electron chi connectivity index (χ2n) is 6.70. The van der Waals surface area contributed by atoms with Crippen molar-refractivity contribution in [2.24, 2.45) is 0 Å². The van der Waals surface area contributed by atoms with Gasteiger partial charge in [-0.3, -0.25) is 4.98 Å². The molecule has 1 aliphatic heterocycles. The molecule has 0 bridgehead atoms. The van der Waals surface area contributed by atoms with Gasteiger partial charge in [-0.25, -0.2) is 0 Å². The number of aromatic nitrogens is 2. The van der Waals surface area contributed by atoms with Crippen LogP contribution < -0.4 is 5.32 Å². The van der Waals surface area contributed by atoms with Crippen molar-refractivity contribution in [1.29, 1.82) is 0 Å². The van der Waals surface area contributed by atoms with Gasteiger partial charge in [0.1, 0.15) is 0 Å². The molecule has 0 amide bonds. The van der Waals surface area contributed by atoms with Crippen molar-refractivity contribution in [1.82, 2.24) is 24.7 Å². The number of nitrogens with zero attached hydrogens (tertiary/aromatic N) is 4. The van der Waals surface area contributed by atoms with Gasteiger partial charge < -0.3 is 19.7 Å². The highest BCUT2D eigenvalue weighted by molar-refractivity contribution is 7.80. The Hall–Kier alpha value is -1.92. The molecule has 25 heavy (non-hydrogen) atoms. The van der Waals surface area contributed by atoms with Crippen LogP contribution in [0.1, 0.15) is 36.8 Å². The molecule has 1 aliphatic rings. The van der Waals surface area contributed by atoms with Crippen LogP contribution in [0.2, 0.25) is 0 Å². The second kappa shape index (κ2) is 7.97. The Morgan fingerprint density at radius 2 is 2.08 bits per heavy atom. The largest absolute Gasteiger partial charge is 0.352 e. The van der Waals surface area contributed by atoms with E-state index in [4.69, 9.17) is 12.2 Å². The molecule has 0 radical (unpaired) electrons. The summed E-state index contributed by atoms with van der Waals surface area (Å²) in [6.07, 6.45) is 5.07. The van der Waals surface area contributed by atoms with E-state index in [1.54, 1.807) is 0 Å². The standard InChI is InChI=1S/C19H27N5S/c1-4-23-13-7-10-16(23)18-17(15-9-5-6-11-20-15)21-19(25)24(18)14-8-12-22(2)3/h5-7,9-11,13,17-18H,4,8,12,14H2,1-3H3,(H,21,25)/t17-,18-/m0/s1. The Bertz CT molecular complexity index is 697. The van der Waals surface area contributed by atoms with Crippen LogP contribution in [0.25, 0.3) is 0 Å². The summed E-state index contributed by atoms with van der Waals surface area (Å²) in [6, 6.07) is 10.6. The predicted molar refractivity (Wildman–Crippen MR) is 105 cm³/mol. The lowest BCUT2D eigenvalue weighted by molar-refractivity contribution is 0.283. The number of hydrogen-bond donors (Lipinski definition) is 1. The van der Waals surface area contributed by atoms with Gasteiger partial charge in [-0.2, -0.15) is 0 Å². The molecule has 0 unspecified atom stereocenters. The van der Waals surface area contributed by atoms with E-state index in [1.807, 2.05) is 18.3 Å². The molecule has 5 nitrogen and oxygen atoms in total. The summed E-state index contributed by atoms with van der Waals surface area (Å²) in [5.41, 5.74) is 2.32. The lowest BCUT2D eigenvalue weighted by atomic mass is 10.0. The van der Waals surface area contributed by atoms with Gasteiger partial charge in [0, 0.05) is 31.2 Å². The number of rotatable bonds is 7. The number of thiocarbonyl (C=S) groups is 1. The van der Waals surface area contributed by atoms with E-state index in [2.05, 4.69) is 70.1 Å². The number of hydrogen-bond acceptors (Lipinski definition) is 3. The normalized spacial score (nSPS) is 20.3. The van der Waals surface area contributed by atoms with Crippen LogP contribution in [0.4, 0.5) is 0 Å². The Kier molecular flexibility index (Phi) is 5.71. The first-order valence-corrected chi connectivity index (χ1v) is 9.30. The summed E-state index contributed by atoms with van der Waals surface area (Å²) >= 11 is 5.69. The van der Waals surface area contributed by atoms with Gasteiger partial charge in [0.05, 0.1) is 17.8 Å². The van der Waals surface area contributed by atoms with E-state index < -0.39 is 0 Å². The summed E-state index contributed by atoms with van der Waals surface area (Å²) in [7, 11) is 4.22. The number of pyridine rings is 1. The Balaban J connectivity index is 1.92. The topological polar surface area (TPSA) is 36.3 Å². The maximum Gasteiger partial charge on any atom is 0.170 e. The van der Waals surface area contributed by atoms with Crippen molar-refractivity contribution in [2.75, 3.05) is 27.2 Å². The first-order chi connectivity index (χ1) is 12.1. The Morgan fingerprint density at radius 3 is 2.76 bits per heavy atom. The minimum atomic E-state index is 0.0771. The Labute approximate surface area is 155 Å². The fourth-order valence-electron chi connectivity index (χ4n) is 3.51. The van der Waals surface area contributed by atoms with Gasteiger partial charge in [0.15, 0.2) is 5.11 Å². The molecular weight excluding hydrogens is 330 g/mol. The molecular formula is C19H27N5S. The van der Waals surface area contributed by atoms with E-state index in [0.717, 1.165) is 36.9 Å². The third-order valence-corrected chi connectivity index (χ3v) is 5.06. The van der Waals surface area contributed by atoms with E-state index in [1.165, 1.54) is 5.69 Å². The first-order valence-electron chi connectivity index (χ1n) is 8.89. The highest BCUT2D eigenvalue weighted by atomic mass is 32.1. The zero-order valence-electron chi connectivity index (χ0n) is 15.2. The van der Waals surface area contributed by atoms with Crippen molar-refractivity contribution in [2.45, 2.75) is 32.0 Å². The number of aryl methyl sites for hydroxylation is 1.